The van der Waals surface area contributed by atoms with E-state index in [1.54, 1.807) is 7.11 Å². The van der Waals surface area contributed by atoms with Crippen LogP contribution in [0.25, 0.3) is 0 Å². The van der Waals surface area contributed by atoms with E-state index in [2.05, 4.69) is 10.6 Å². The lowest BCUT2D eigenvalue weighted by Crippen LogP contribution is -2.36. The topological polar surface area (TPSA) is 50.4 Å². The first kappa shape index (κ1) is 15.3. The average Bonchev–Trinajstić information content (AvgIpc) is 2.94. The van der Waals surface area contributed by atoms with Crippen molar-refractivity contribution in [2.24, 2.45) is 0 Å². The van der Waals surface area contributed by atoms with E-state index in [9.17, 15) is 4.79 Å². The third-order valence-electron chi connectivity index (χ3n) is 2.92. The molecule has 0 saturated carbocycles. The van der Waals surface area contributed by atoms with Crippen molar-refractivity contribution in [3.8, 4) is 5.75 Å². The molecule has 102 valence electrons. The third-order valence-corrected chi connectivity index (χ3v) is 3.95. The zero-order valence-corrected chi connectivity index (χ0v) is 12.2. The molecule has 0 radical (unpaired) electrons. The Bertz CT molecular complexity index is 403. The minimum Gasteiger partial charge on any atom is -0.495 e. The third kappa shape index (κ3) is 3.60. The molecule has 1 fully saturated rings. The van der Waals surface area contributed by atoms with Crippen molar-refractivity contribution in [1.82, 2.24) is 10.6 Å². The summed E-state index contributed by atoms with van der Waals surface area (Å²) < 4.78 is 5.19. The summed E-state index contributed by atoms with van der Waals surface area (Å²) in [6.07, 6.45) is 2.34. The van der Waals surface area contributed by atoms with Crippen LogP contribution in [0.2, 0.25) is 0 Å². The van der Waals surface area contributed by atoms with Crippen molar-refractivity contribution in [3.05, 3.63) is 15.8 Å². The molecule has 1 aliphatic heterocycles. The van der Waals surface area contributed by atoms with E-state index in [1.807, 2.05) is 13.0 Å². The van der Waals surface area contributed by atoms with E-state index >= 15 is 0 Å². The van der Waals surface area contributed by atoms with Gasteiger partial charge in [0.15, 0.2) is 0 Å². The molecule has 0 aliphatic carbocycles. The summed E-state index contributed by atoms with van der Waals surface area (Å²) >= 11 is 1.47. The fourth-order valence-corrected chi connectivity index (χ4v) is 2.92. The van der Waals surface area contributed by atoms with Gasteiger partial charge in [0.2, 0.25) is 0 Å². The number of aryl methyl sites for hydroxylation is 1. The number of ether oxygens (including phenoxy) is 1. The molecule has 1 unspecified atom stereocenters. The lowest BCUT2D eigenvalue weighted by molar-refractivity contribution is 0.0951. The highest BCUT2D eigenvalue weighted by atomic mass is 35.5. The standard InChI is InChI=1S/C12H18N2O2S.ClH/c1-8-6-10(16-2)11(17-8)12(15)14-7-9-4-3-5-13-9;/h6,9,13H,3-5,7H2,1-2H3,(H,14,15);1H. The number of carbonyl (C=O) groups is 1. The monoisotopic (exact) mass is 290 g/mol. The molecular weight excluding hydrogens is 272 g/mol. The molecular formula is C12H19ClN2O2S. The quantitative estimate of drug-likeness (QED) is 0.891. The number of hydrogen-bond acceptors (Lipinski definition) is 4. The maximum Gasteiger partial charge on any atom is 0.265 e. The largest absolute Gasteiger partial charge is 0.495 e. The van der Waals surface area contributed by atoms with E-state index in [0.717, 1.165) is 17.8 Å². The van der Waals surface area contributed by atoms with Gasteiger partial charge in [-0.15, -0.1) is 23.7 Å². The van der Waals surface area contributed by atoms with Gasteiger partial charge in [-0.3, -0.25) is 4.79 Å². The summed E-state index contributed by atoms with van der Waals surface area (Å²) in [5.74, 6) is 0.637. The summed E-state index contributed by atoms with van der Waals surface area (Å²) in [5.41, 5.74) is 0. The molecule has 2 rings (SSSR count). The minimum absolute atomic E-state index is 0. The van der Waals surface area contributed by atoms with Crippen LogP contribution in [0.1, 0.15) is 27.4 Å². The predicted molar refractivity (Wildman–Crippen MR) is 76.2 cm³/mol. The Kier molecular flexibility index (Phi) is 5.91. The van der Waals surface area contributed by atoms with Crippen molar-refractivity contribution in [3.63, 3.8) is 0 Å². The second kappa shape index (κ2) is 6.97. The van der Waals surface area contributed by atoms with Gasteiger partial charge in [-0.05, 0) is 32.4 Å². The number of rotatable bonds is 4. The number of nitrogens with one attached hydrogen (secondary N) is 2. The predicted octanol–water partition coefficient (Wildman–Crippen LogP) is 1.97. The fraction of sp³-hybridized carbons (Fsp3) is 0.583. The number of carbonyl (C=O) groups excluding carboxylic acids is 1. The summed E-state index contributed by atoms with van der Waals surface area (Å²) in [5, 5.41) is 6.31. The first-order valence-corrected chi connectivity index (χ1v) is 6.68. The van der Waals surface area contributed by atoms with Crippen LogP contribution in [-0.4, -0.2) is 32.1 Å². The van der Waals surface area contributed by atoms with Gasteiger partial charge in [-0.1, -0.05) is 0 Å². The number of thiophene rings is 1. The van der Waals surface area contributed by atoms with Crippen LogP contribution in [0.3, 0.4) is 0 Å². The van der Waals surface area contributed by atoms with E-state index in [-0.39, 0.29) is 18.3 Å². The molecule has 0 spiro atoms. The molecule has 0 aromatic carbocycles. The molecule has 1 aromatic heterocycles. The van der Waals surface area contributed by atoms with Crippen LogP contribution >= 0.6 is 23.7 Å². The van der Waals surface area contributed by atoms with E-state index in [1.165, 1.54) is 17.8 Å². The molecule has 1 atom stereocenters. The second-order valence-corrected chi connectivity index (χ2v) is 5.51. The molecule has 18 heavy (non-hydrogen) atoms. The lowest BCUT2D eigenvalue weighted by Gasteiger charge is -2.11. The van der Waals surface area contributed by atoms with Crippen LogP contribution < -0.4 is 15.4 Å². The highest BCUT2D eigenvalue weighted by Crippen LogP contribution is 2.28. The molecule has 1 saturated heterocycles. The maximum absolute atomic E-state index is 12.0. The Labute approximate surface area is 118 Å². The normalized spacial score (nSPS) is 18.2. The van der Waals surface area contributed by atoms with Gasteiger partial charge >= 0.3 is 0 Å². The second-order valence-electron chi connectivity index (χ2n) is 4.26. The minimum atomic E-state index is -0.0337. The van der Waals surface area contributed by atoms with Gasteiger partial charge in [-0.2, -0.15) is 0 Å². The molecule has 4 nitrogen and oxygen atoms in total. The van der Waals surface area contributed by atoms with Crippen molar-refractivity contribution < 1.29 is 9.53 Å². The first-order chi connectivity index (χ1) is 8.20. The van der Waals surface area contributed by atoms with E-state index in [4.69, 9.17) is 4.74 Å². The number of hydrogen-bond donors (Lipinski definition) is 2. The lowest BCUT2D eigenvalue weighted by atomic mass is 10.2. The average molecular weight is 291 g/mol. The summed E-state index contributed by atoms with van der Waals surface area (Å²) in [7, 11) is 1.59. The Morgan fingerprint density at radius 3 is 3.06 bits per heavy atom. The molecule has 1 amide bonds. The van der Waals surface area contributed by atoms with Crippen LogP contribution in [0.15, 0.2) is 6.07 Å². The SMILES string of the molecule is COc1cc(C)sc1C(=O)NCC1CCCN1.Cl. The van der Waals surface area contributed by atoms with Crippen molar-refractivity contribution in [1.29, 1.82) is 0 Å². The molecule has 2 heterocycles. The van der Waals surface area contributed by atoms with Gasteiger partial charge in [0.1, 0.15) is 10.6 Å². The fourth-order valence-electron chi connectivity index (χ4n) is 2.03. The molecule has 0 bridgehead atoms. The van der Waals surface area contributed by atoms with Crippen molar-refractivity contribution in [2.45, 2.75) is 25.8 Å². The zero-order valence-electron chi connectivity index (χ0n) is 10.6. The van der Waals surface area contributed by atoms with E-state index < -0.39 is 0 Å². The molecule has 1 aliphatic rings. The number of methoxy groups -OCH3 is 1. The van der Waals surface area contributed by atoms with Gasteiger partial charge in [0, 0.05) is 17.5 Å². The van der Waals surface area contributed by atoms with Gasteiger partial charge in [0.05, 0.1) is 7.11 Å². The smallest absolute Gasteiger partial charge is 0.265 e. The molecule has 2 N–H and O–H groups in total. The Hall–Kier alpha value is -0.780. The summed E-state index contributed by atoms with van der Waals surface area (Å²) in [4.78, 5) is 13.7. The van der Waals surface area contributed by atoms with Crippen LogP contribution in [0.5, 0.6) is 5.75 Å². The first-order valence-electron chi connectivity index (χ1n) is 5.86. The number of halogens is 1. The molecule has 6 heteroatoms. The van der Waals surface area contributed by atoms with Crippen molar-refractivity contribution in [2.75, 3.05) is 20.2 Å². The van der Waals surface area contributed by atoms with Crippen LogP contribution in [0, 0.1) is 6.92 Å². The van der Waals surface area contributed by atoms with Crippen molar-refractivity contribution >= 4 is 29.7 Å². The highest BCUT2D eigenvalue weighted by Gasteiger charge is 2.18. The van der Waals surface area contributed by atoms with Gasteiger partial charge < -0.3 is 15.4 Å². The number of amides is 1. The summed E-state index contributed by atoms with van der Waals surface area (Å²) in [6, 6.07) is 2.32. The van der Waals surface area contributed by atoms with Crippen LogP contribution in [0.4, 0.5) is 0 Å². The molecule has 1 aromatic rings. The zero-order chi connectivity index (χ0) is 12.3. The van der Waals surface area contributed by atoms with E-state index in [0.29, 0.717) is 23.2 Å². The Morgan fingerprint density at radius 1 is 1.67 bits per heavy atom. The maximum atomic E-state index is 12.0. The summed E-state index contributed by atoms with van der Waals surface area (Å²) in [6.45, 7) is 3.73. The van der Waals surface area contributed by atoms with Gasteiger partial charge in [0.25, 0.3) is 5.91 Å². The Morgan fingerprint density at radius 2 is 2.44 bits per heavy atom. The Balaban J connectivity index is 0.00000162. The highest BCUT2D eigenvalue weighted by molar-refractivity contribution is 7.14. The van der Waals surface area contributed by atoms with Crippen LogP contribution in [-0.2, 0) is 0 Å². The van der Waals surface area contributed by atoms with Gasteiger partial charge in [-0.25, -0.2) is 0 Å².